The molecule has 4 rings (SSSR count). The van der Waals surface area contributed by atoms with Crippen LogP contribution in [-0.4, -0.2) is 63.4 Å². The number of aliphatic hydroxyl groups is 1. The number of benzene rings is 2. The van der Waals surface area contributed by atoms with E-state index in [2.05, 4.69) is 22.3 Å². The Balaban J connectivity index is 1.43. The summed E-state index contributed by atoms with van der Waals surface area (Å²) >= 11 is 0. The maximum Gasteiger partial charge on any atom is 0.418 e. The molecule has 1 unspecified atom stereocenters. The number of unbranched alkanes of at least 4 members (excludes halogenated alkanes) is 4. The van der Waals surface area contributed by atoms with Crippen LogP contribution in [0.25, 0.3) is 0 Å². The lowest BCUT2D eigenvalue weighted by atomic mass is 9.92. The molecule has 3 aromatic rings. The number of hydrogen-bond acceptors (Lipinski definition) is 6. The zero-order chi connectivity index (χ0) is 31.0. The Bertz CT molecular complexity index is 1350. The molecule has 8 nitrogen and oxygen atoms in total. The van der Waals surface area contributed by atoms with Crippen molar-refractivity contribution in [3.8, 4) is 0 Å². The van der Waals surface area contributed by atoms with Crippen LogP contribution in [0.1, 0.15) is 56.6 Å². The Morgan fingerprint density at radius 2 is 1.70 bits per heavy atom. The van der Waals surface area contributed by atoms with Crippen molar-refractivity contribution in [3.63, 3.8) is 0 Å². The molecule has 1 atom stereocenters. The molecule has 1 aromatic heterocycles. The Labute approximate surface area is 247 Å². The summed E-state index contributed by atoms with van der Waals surface area (Å²) in [5.74, 6) is -2.02. The molecule has 1 saturated heterocycles. The minimum Gasteiger partial charge on any atom is -0.382 e. The number of halogens is 5. The van der Waals surface area contributed by atoms with Crippen molar-refractivity contribution >= 4 is 17.3 Å². The minimum absolute atomic E-state index is 0.00725. The maximum atomic E-state index is 14.8. The Hall–Kier alpha value is -3.58. The van der Waals surface area contributed by atoms with Crippen LogP contribution in [0, 0.1) is 11.6 Å². The molecule has 0 saturated carbocycles. The molecule has 2 N–H and O–H groups in total. The molecule has 234 valence electrons. The average molecular weight is 609 g/mol. The van der Waals surface area contributed by atoms with Gasteiger partial charge in [-0.2, -0.15) is 18.3 Å². The molecule has 1 aliphatic heterocycles. The molecule has 1 amide bonds. The first kappa shape index (κ1) is 32.3. The molecule has 0 aliphatic carbocycles. The van der Waals surface area contributed by atoms with Crippen LogP contribution < -0.4 is 10.2 Å². The summed E-state index contributed by atoms with van der Waals surface area (Å²) in [7, 11) is 0. The van der Waals surface area contributed by atoms with Crippen molar-refractivity contribution in [1.82, 2.24) is 19.7 Å². The lowest BCUT2D eigenvalue weighted by molar-refractivity contribution is -0.137. The summed E-state index contributed by atoms with van der Waals surface area (Å²) in [5, 5.41) is 18.2. The smallest absolute Gasteiger partial charge is 0.382 e. The van der Waals surface area contributed by atoms with Gasteiger partial charge in [0.25, 0.3) is 0 Å². The first-order valence-electron chi connectivity index (χ1n) is 14.5. The van der Waals surface area contributed by atoms with Gasteiger partial charge in [0, 0.05) is 62.1 Å². The van der Waals surface area contributed by atoms with Crippen LogP contribution in [0.2, 0.25) is 0 Å². The molecule has 1 fully saturated rings. The number of amides is 1. The molecular formula is C30H37F5N6O2. The Morgan fingerprint density at radius 1 is 0.953 bits per heavy atom. The number of hydrogen-bond donors (Lipinski definition) is 2. The van der Waals surface area contributed by atoms with Crippen LogP contribution in [0.5, 0.6) is 0 Å². The van der Waals surface area contributed by atoms with E-state index in [1.165, 1.54) is 35.5 Å². The molecule has 2 heterocycles. The largest absolute Gasteiger partial charge is 0.418 e. The van der Waals surface area contributed by atoms with Gasteiger partial charge < -0.3 is 15.3 Å². The summed E-state index contributed by atoms with van der Waals surface area (Å²) in [4.78, 5) is 19.6. The number of aromatic nitrogens is 3. The third-order valence-corrected chi connectivity index (χ3v) is 7.61. The molecule has 13 heteroatoms. The van der Waals surface area contributed by atoms with Crippen molar-refractivity contribution in [3.05, 3.63) is 71.8 Å². The molecule has 0 bridgehead atoms. The van der Waals surface area contributed by atoms with E-state index in [4.69, 9.17) is 0 Å². The first-order chi connectivity index (χ1) is 20.5. The van der Waals surface area contributed by atoms with Gasteiger partial charge in [0.1, 0.15) is 29.9 Å². The van der Waals surface area contributed by atoms with Crippen molar-refractivity contribution in [2.75, 3.05) is 42.9 Å². The van der Waals surface area contributed by atoms with E-state index in [-0.39, 0.29) is 68.5 Å². The standard InChI is InChI=1S/C30H37F5N6O2/c1-2-3-4-5-6-7-28(42)38-23-9-11-27(25(17-23)30(33,34)35)40-14-12-39(13-15-40)18-29(43,19-41-21-36-20-37-41)24-10-8-22(31)16-26(24)32/h8-11,16-17,20-21,43H,2-7,12-15,18-19H2,1H3,(H,38,42). The molecule has 0 spiro atoms. The SMILES string of the molecule is CCCCCCCC(=O)Nc1ccc(N2CCN(CC(O)(Cn3cncn3)c3ccc(F)cc3F)CC2)c(C(F)(F)F)c1. The highest BCUT2D eigenvalue weighted by molar-refractivity contribution is 5.91. The lowest BCUT2D eigenvalue weighted by Gasteiger charge is -2.41. The summed E-state index contributed by atoms with van der Waals surface area (Å²) in [6.45, 7) is 2.82. The number of β-amino-alcohol motifs (C(OH)–C–C–N with tert-alkyl or cyclic N) is 1. The van der Waals surface area contributed by atoms with Crippen LogP contribution in [-0.2, 0) is 23.1 Å². The highest BCUT2D eigenvalue weighted by atomic mass is 19.4. The highest BCUT2D eigenvalue weighted by Crippen LogP contribution is 2.39. The van der Waals surface area contributed by atoms with Crippen LogP contribution >= 0.6 is 0 Å². The van der Waals surface area contributed by atoms with Gasteiger partial charge in [-0.15, -0.1) is 0 Å². The maximum absolute atomic E-state index is 14.8. The number of nitrogens with one attached hydrogen (secondary N) is 1. The van der Waals surface area contributed by atoms with Crippen molar-refractivity contribution in [2.45, 2.75) is 63.8 Å². The summed E-state index contributed by atoms with van der Waals surface area (Å²) in [6, 6.07) is 6.73. The number of carbonyl (C=O) groups excluding carboxylic acids is 1. The van der Waals surface area contributed by atoms with Crippen molar-refractivity contribution < 1.29 is 31.9 Å². The van der Waals surface area contributed by atoms with Gasteiger partial charge in [-0.25, -0.2) is 18.4 Å². The van der Waals surface area contributed by atoms with Crippen molar-refractivity contribution in [2.24, 2.45) is 0 Å². The third-order valence-electron chi connectivity index (χ3n) is 7.61. The van der Waals surface area contributed by atoms with Crippen molar-refractivity contribution in [1.29, 1.82) is 0 Å². The molecule has 2 aromatic carbocycles. The van der Waals surface area contributed by atoms with Gasteiger partial charge >= 0.3 is 6.18 Å². The number of piperazine rings is 1. The van der Waals surface area contributed by atoms with Gasteiger partial charge in [-0.1, -0.05) is 38.7 Å². The van der Waals surface area contributed by atoms with Gasteiger partial charge in [0.15, 0.2) is 0 Å². The summed E-state index contributed by atoms with van der Waals surface area (Å²) in [6.07, 6.45) is 3.00. The monoisotopic (exact) mass is 608 g/mol. The average Bonchev–Trinajstić information content (AvgIpc) is 3.45. The Kier molecular flexibility index (Phi) is 10.7. The van der Waals surface area contributed by atoms with E-state index in [1.54, 1.807) is 4.90 Å². The fourth-order valence-corrected chi connectivity index (χ4v) is 5.42. The Morgan fingerprint density at radius 3 is 2.35 bits per heavy atom. The highest BCUT2D eigenvalue weighted by Gasteiger charge is 2.38. The van der Waals surface area contributed by atoms with E-state index < -0.39 is 29.0 Å². The lowest BCUT2D eigenvalue weighted by Crippen LogP contribution is -2.52. The zero-order valence-corrected chi connectivity index (χ0v) is 24.1. The molecule has 0 radical (unpaired) electrons. The molecule has 1 aliphatic rings. The van der Waals surface area contributed by atoms with E-state index in [1.807, 2.05) is 4.90 Å². The summed E-state index contributed by atoms with van der Waals surface area (Å²) < 4.78 is 72.1. The van der Waals surface area contributed by atoms with Crippen LogP contribution in [0.15, 0.2) is 49.1 Å². The predicted molar refractivity (Wildman–Crippen MR) is 152 cm³/mol. The molecular weight excluding hydrogens is 571 g/mol. The van der Waals surface area contributed by atoms with E-state index in [9.17, 15) is 31.9 Å². The van der Waals surface area contributed by atoms with Gasteiger partial charge in [-0.3, -0.25) is 9.69 Å². The van der Waals surface area contributed by atoms with Crippen LogP contribution in [0.3, 0.4) is 0 Å². The predicted octanol–water partition coefficient (Wildman–Crippen LogP) is 5.58. The fraction of sp³-hybridized carbons (Fsp3) is 0.500. The second-order valence-electron chi connectivity index (χ2n) is 11.0. The number of carbonyl (C=O) groups is 1. The number of alkyl halides is 3. The van der Waals surface area contributed by atoms with Gasteiger partial charge in [0.05, 0.1) is 12.1 Å². The number of anilines is 2. The fourth-order valence-electron chi connectivity index (χ4n) is 5.42. The van der Waals surface area contributed by atoms with E-state index in [0.717, 1.165) is 37.8 Å². The summed E-state index contributed by atoms with van der Waals surface area (Å²) in [5.41, 5.74) is -2.71. The van der Waals surface area contributed by atoms with Crippen LogP contribution in [0.4, 0.5) is 33.3 Å². The zero-order valence-electron chi connectivity index (χ0n) is 24.1. The minimum atomic E-state index is -4.65. The van der Waals surface area contributed by atoms with Gasteiger partial charge in [-0.05, 0) is 30.7 Å². The van der Waals surface area contributed by atoms with E-state index in [0.29, 0.717) is 12.5 Å². The second kappa shape index (κ2) is 14.3. The van der Waals surface area contributed by atoms with E-state index >= 15 is 0 Å². The molecule has 43 heavy (non-hydrogen) atoms. The third kappa shape index (κ3) is 8.73. The number of rotatable bonds is 13. The topological polar surface area (TPSA) is 86.5 Å². The first-order valence-corrected chi connectivity index (χ1v) is 14.5. The quantitative estimate of drug-likeness (QED) is 0.195. The normalized spacial score (nSPS) is 15.8. The number of nitrogens with zero attached hydrogens (tertiary/aromatic N) is 5. The second-order valence-corrected chi connectivity index (χ2v) is 11.0. The van der Waals surface area contributed by atoms with Gasteiger partial charge in [0.2, 0.25) is 5.91 Å².